The molecule has 1 unspecified atom stereocenters. The Hall–Kier alpha value is -2.07. The summed E-state index contributed by atoms with van der Waals surface area (Å²) in [6.07, 6.45) is 2.65. The first-order valence-corrected chi connectivity index (χ1v) is 11.8. The van der Waals surface area contributed by atoms with Gasteiger partial charge in [0.15, 0.2) is 0 Å². The summed E-state index contributed by atoms with van der Waals surface area (Å²) in [6.45, 7) is 7.24. The number of likely N-dealkylation sites (tertiary alicyclic amines) is 1. The molecule has 0 N–H and O–H groups in total. The predicted octanol–water partition coefficient (Wildman–Crippen LogP) is 1.42. The van der Waals surface area contributed by atoms with Crippen molar-refractivity contribution < 1.29 is 19.1 Å². The standard InChI is InChI=1S/C22H28N4O4S/c27-18(15-24-6-10-29-11-7-24)26-5-3-16(14-26)19-17-2-1-4-23-21(17)31-20(19)22(28)25-8-12-30-13-9-25/h1-2,4,16H,3,5-15H2. The molecule has 2 aromatic heterocycles. The first kappa shape index (κ1) is 20.8. The Morgan fingerprint density at radius 1 is 1.03 bits per heavy atom. The fraction of sp³-hybridized carbons (Fsp3) is 0.591. The van der Waals surface area contributed by atoms with Gasteiger partial charge in [-0.2, -0.15) is 0 Å². The minimum atomic E-state index is 0.0689. The molecule has 2 amide bonds. The van der Waals surface area contributed by atoms with Gasteiger partial charge in [0, 0.05) is 56.8 Å². The number of hydrogen-bond acceptors (Lipinski definition) is 7. The second-order valence-electron chi connectivity index (χ2n) is 8.32. The third kappa shape index (κ3) is 4.32. The van der Waals surface area contributed by atoms with Crippen LogP contribution < -0.4 is 0 Å². The lowest BCUT2D eigenvalue weighted by molar-refractivity contribution is -0.132. The lowest BCUT2D eigenvalue weighted by atomic mass is 9.95. The Balaban J connectivity index is 1.36. The topological polar surface area (TPSA) is 75.2 Å². The summed E-state index contributed by atoms with van der Waals surface area (Å²) in [7, 11) is 0. The summed E-state index contributed by atoms with van der Waals surface area (Å²) in [5.74, 6) is 0.397. The highest BCUT2D eigenvalue weighted by Gasteiger charge is 2.34. The number of hydrogen-bond donors (Lipinski definition) is 0. The summed E-state index contributed by atoms with van der Waals surface area (Å²) in [6, 6.07) is 3.99. The van der Waals surface area contributed by atoms with E-state index in [2.05, 4.69) is 16.0 Å². The number of pyridine rings is 1. The first-order valence-electron chi connectivity index (χ1n) is 11.0. The summed E-state index contributed by atoms with van der Waals surface area (Å²) in [4.78, 5) is 38.5. The maximum Gasteiger partial charge on any atom is 0.264 e. The largest absolute Gasteiger partial charge is 0.379 e. The molecule has 0 saturated carbocycles. The Bertz CT molecular complexity index is 952. The molecule has 2 aromatic rings. The molecule has 0 bridgehead atoms. The van der Waals surface area contributed by atoms with E-state index in [-0.39, 0.29) is 17.7 Å². The first-order chi connectivity index (χ1) is 15.2. The zero-order valence-corrected chi connectivity index (χ0v) is 18.4. The van der Waals surface area contributed by atoms with Crippen molar-refractivity contribution in [3.8, 4) is 0 Å². The number of thiophene rings is 1. The lowest BCUT2D eigenvalue weighted by Crippen LogP contribution is -2.44. The third-order valence-corrected chi connectivity index (χ3v) is 7.53. The van der Waals surface area contributed by atoms with Crippen molar-refractivity contribution in [2.24, 2.45) is 0 Å². The van der Waals surface area contributed by atoms with Crippen LogP contribution in [0.15, 0.2) is 18.3 Å². The van der Waals surface area contributed by atoms with Crippen LogP contribution in [-0.4, -0.2) is 104 Å². The van der Waals surface area contributed by atoms with Crippen LogP contribution in [0.2, 0.25) is 0 Å². The molecule has 0 spiro atoms. The Morgan fingerprint density at radius 2 is 1.77 bits per heavy atom. The van der Waals surface area contributed by atoms with Crippen molar-refractivity contribution in [3.05, 3.63) is 28.8 Å². The number of carbonyl (C=O) groups is 2. The molecule has 9 heteroatoms. The van der Waals surface area contributed by atoms with E-state index in [9.17, 15) is 9.59 Å². The molecule has 1 atom stereocenters. The Labute approximate surface area is 185 Å². The lowest BCUT2D eigenvalue weighted by Gasteiger charge is -2.28. The molecule has 31 heavy (non-hydrogen) atoms. The fourth-order valence-corrected chi connectivity index (χ4v) is 5.90. The van der Waals surface area contributed by atoms with Gasteiger partial charge < -0.3 is 19.3 Å². The summed E-state index contributed by atoms with van der Waals surface area (Å²) < 4.78 is 10.8. The van der Waals surface area contributed by atoms with E-state index in [4.69, 9.17) is 9.47 Å². The van der Waals surface area contributed by atoms with Crippen molar-refractivity contribution in [1.29, 1.82) is 0 Å². The monoisotopic (exact) mass is 444 g/mol. The van der Waals surface area contributed by atoms with Crippen LogP contribution in [0.3, 0.4) is 0 Å². The molecule has 166 valence electrons. The highest BCUT2D eigenvalue weighted by atomic mass is 32.1. The van der Waals surface area contributed by atoms with Crippen LogP contribution in [0.25, 0.3) is 10.2 Å². The van der Waals surface area contributed by atoms with Gasteiger partial charge in [-0.05, 0) is 18.1 Å². The number of aromatic nitrogens is 1. The average Bonchev–Trinajstić information content (AvgIpc) is 3.44. The molecule has 0 aliphatic carbocycles. The van der Waals surface area contributed by atoms with E-state index >= 15 is 0 Å². The molecular weight excluding hydrogens is 416 g/mol. The molecule has 8 nitrogen and oxygen atoms in total. The second-order valence-corrected chi connectivity index (χ2v) is 9.32. The average molecular weight is 445 g/mol. The fourth-order valence-electron chi connectivity index (χ4n) is 4.70. The van der Waals surface area contributed by atoms with E-state index in [0.717, 1.165) is 46.7 Å². The van der Waals surface area contributed by atoms with Gasteiger partial charge in [-0.15, -0.1) is 11.3 Å². The van der Waals surface area contributed by atoms with Gasteiger partial charge in [0.05, 0.1) is 37.8 Å². The summed E-state index contributed by atoms with van der Waals surface area (Å²) in [5, 5.41) is 1.05. The number of rotatable bonds is 4. The predicted molar refractivity (Wildman–Crippen MR) is 118 cm³/mol. The zero-order valence-electron chi connectivity index (χ0n) is 17.6. The maximum absolute atomic E-state index is 13.4. The van der Waals surface area contributed by atoms with E-state index in [1.165, 1.54) is 11.3 Å². The van der Waals surface area contributed by atoms with Crippen molar-refractivity contribution in [2.45, 2.75) is 12.3 Å². The molecular formula is C22H28N4O4S. The van der Waals surface area contributed by atoms with Gasteiger partial charge >= 0.3 is 0 Å². The highest BCUT2D eigenvalue weighted by Crippen LogP contribution is 2.40. The van der Waals surface area contributed by atoms with Crippen LogP contribution in [0, 0.1) is 0 Å². The van der Waals surface area contributed by atoms with E-state index in [0.29, 0.717) is 52.6 Å². The maximum atomic E-state index is 13.4. The van der Waals surface area contributed by atoms with Gasteiger partial charge in [0.2, 0.25) is 5.91 Å². The summed E-state index contributed by atoms with van der Waals surface area (Å²) in [5.41, 5.74) is 1.08. The molecule has 3 fully saturated rings. The van der Waals surface area contributed by atoms with Crippen molar-refractivity contribution in [3.63, 3.8) is 0 Å². The molecule has 3 saturated heterocycles. The van der Waals surface area contributed by atoms with E-state index in [1.807, 2.05) is 15.9 Å². The minimum Gasteiger partial charge on any atom is -0.379 e. The van der Waals surface area contributed by atoms with Crippen molar-refractivity contribution in [2.75, 3.05) is 72.2 Å². The number of fused-ring (bicyclic) bond motifs is 1. The van der Waals surface area contributed by atoms with E-state index in [1.54, 1.807) is 6.20 Å². The number of ether oxygens (including phenoxy) is 2. The molecule has 5 rings (SSSR count). The smallest absolute Gasteiger partial charge is 0.264 e. The van der Waals surface area contributed by atoms with Crippen LogP contribution in [-0.2, 0) is 14.3 Å². The van der Waals surface area contributed by atoms with Gasteiger partial charge in [-0.25, -0.2) is 4.98 Å². The van der Waals surface area contributed by atoms with Gasteiger partial charge in [-0.3, -0.25) is 14.5 Å². The molecule has 3 aliphatic rings. The van der Waals surface area contributed by atoms with Crippen LogP contribution in [0.5, 0.6) is 0 Å². The van der Waals surface area contributed by atoms with Crippen LogP contribution in [0.4, 0.5) is 0 Å². The SMILES string of the molecule is O=C(CN1CCOCC1)N1CCC(c2c(C(=O)N3CCOCC3)sc3ncccc23)C1. The summed E-state index contributed by atoms with van der Waals surface area (Å²) >= 11 is 1.48. The highest BCUT2D eigenvalue weighted by molar-refractivity contribution is 7.20. The number of carbonyl (C=O) groups excluding carboxylic acids is 2. The van der Waals surface area contributed by atoms with Gasteiger partial charge in [0.1, 0.15) is 4.83 Å². The minimum absolute atomic E-state index is 0.0689. The molecule has 3 aliphatic heterocycles. The van der Waals surface area contributed by atoms with Crippen molar-refractivity contribution in [1.82, 2.24) is 19.7 Å². The number of nitrogens with zero attached hydrogens (tertiary/aromatic N) is 4. The van der Waals surface area contributed by atoms with Crippen LogP contribution >= 0.6 is 11.3 Å². The quantitative estimate of drug-likeness (QED) is 0.710. The van der Waals surface area contributed by atoms with Gasteiger partial charge in [0.25, 0.3) is 5.91 Å². The Kier molecular flexibility index (Phi) is 6.17. The second kappa shape index (κ2) is 9.20. The Morgan fingerprint density at radius 3 is 2.55 bits per heavy atom. The molecule has 5 heterocycles. The number of morpholine rings is 2. The molecule has 0 radical (unpaired) electrons. The van der Waals surface area contributed by atoms with E-state index < -0.39 is 0 Å². The van der Waals surface area contributed by atoms with Crippen molar-refractivity contribution >= 4 is 33.4 Å². The normalized spacial score (nSPS) is 22.9. The molecule has 0 aromatic carbocycles. The van der Waals surface area contributed by atoms with Crippen LogP contribution in [0.1, 0.15) is 27.6 Å². The zero-order chi connectivity index (χ0) is 21.2. The number of amides is 2. The van der Waals surface area contributed by atoms with Gasteiger partial charge in [-0.1, -0.05) is 6.07 Å². The third-order valence-electron chi connectivity index (χ3n) is 6.41.